The van der Waals surface area contributed by atoms with E-state index in [2.05, 4.69) is 16.0 Å². The van der Waals surface area contributed by atoms with Gasteiger partial charge in [-0.3, -0.25) is 14.4 Å². The van der Waals surface area contributed by atoms with Crippen molar-refractivity contribution in [3.8, 4) is 0 Å². The van der Waals surface area contributed by atoms with Gasteiger partial charge in [-0.05, 0) is 6.92 Å². The molecule has 30 atom stereocenters. The Hall–Kier alpha value is -2.67. The molecule has 0 aromatic carbocycles. The van der Waals surface area contributed by atoms with E-state index < -0.39 is 235 Å². The van der Waals surface area contributed by atoms with Crippen LogP contribution in [0.15, 0.2) is 0 Å². The molecule has 6 heterocycles. The van der Waals surface area contributed by atoms with E-state index in [1.165, 1.54) is 6.92 Å². The predicted molar refractivity (Wildman–Crippen MR) is 233 cm³/mol. The van der Waals surface area contributed by atoms with Crippen molar-refractivity contribution in [1.29, 1.82) is 0 Å². The molecule has 6 aliphatic rings. The van der Waals surface area contributed by atoms with E-state index in [0.717, 1.165) is 20.8 Å². The Morgan fingerprint density at radius 3 is 1.31 bits per heavy atom. The van der Waals surface area contributed by atoms with Crippen molar-refractivity contribution in [2.45, 2.75) is 212 Å². The molecule has 33 heteroatoms. The van der Waals surface area contributed by atoms with Crippen molar-refractivity contribution in [2.24, 2.45) is 0 Å². The zero-order chi connectivity index (χ0) is 55.5. The molecule has 33 nitrogen and oxygen atoms in total. The Morgan fingerprint density at radius 2 is 0.760 bits per heavy atom. The minimum absolute atomic E-state index is 0.706. The Kier molecular flexibility index (Phi) is 21.8. The minimum Gasteiger partial charge on any atom is -0.394 e. The molecular weight excluding hydrogens is 1030 g/mol. The Morgan fingerprint density at radius 1 is 0.373 bits per heavy atom. The number of hydrogen-bond acceptors (Lipinski definition) is 30. The van der Waals surface area contributed by atoms with Gasteiger partial charge in [0, 0.05) is 20.8 Å². The maximum absolute atomic E-state index is 12.7. The van der Waals surface area contributed by atoms with E-state index >= 15 is 0 Å². The summed E-state index contributed by atoms with van der Waals surface area (Å²) in [5.41, 5.74) is 0. The molecule has 6 aliphatic heterocycles. The number of nitrogens with one attached hydrogen (secondary N) is 3. The first-order chi connectivity index (χ1) is 35.4. The third-order valence-corrected chi connectivity index (χ3v) is 13.6. The second kappa shape index (κ2) is 26.5. The van der Waals surface area contributed by atoms with Gasteiger partial charge in [0.2, 0.25) is 17.7 Å². The van der Waals surface area contributed by atoms with E-state index in [1.54, 1.807) is 0 Å². The molecule has 0 saturated carbocycles. The summed E-state index contributed by atoms with van der Waals surface area (Å²) in [7, 11) is 0. The number of hydrogen-bond donors (Lipinski definition) is 19. The lowest BCUT2D eigenvalue weighted by atomic mass is 9.93. The van der Waals surface area contributed by atoms with Gasteiger partial charge in [-0.15, -0.1) is 0 Å². The van der Waals surface area contributed by atoms with Gasteiger partial charge in [-0.25, -0.2) is 0 Å². The van der Waals surface area contributed by atoms with E-state index in [-0.39, 0.29) is 0 Å². The van der Waals surface area contributed by atoms with Gasteiger partial charge in [0.15, 0.2) is 37.7 Å². The van der Waals surface area contributed by atoms with Crippen LogP contribution in [0.5, 0.6) is 0 Å². The number of ether oxygens (including phenoxy) is 11. The van der Waals surface area contributed by atoms with E-state index in [1.807, 2.05) is 0 Å². The summed E-state index contributed by atoms with van der Waals surface area (Å²) in [6, 6.07) is -4.85. The maximum Gasteiger partial charge on any atom is 0.217 e. The monoisotopic (exact) mass is 1100 g/mol. The van der Waals surface area contributed by atoms with Crippen molar-refractivity contribution < 1.29 is 148 Å². The molecule has 0 aromatic rings. The summed E-state index contributed by atoms with van der Waals surface area (Å²) in [6.07, 6.45) is -48.7. The molecule has 6 rings (SSSR count). The van der Waals surface area contributed by atoms with Crippen LogP contribution in [0, 0.1) is 0 Å². The smallest absolute Gasteiger partial charge is 0.217 e. The van der Waals surface area contributed by atoms with Crippen LogP contribution in [0.3, 0.4) is 0 Å². The highest BCUT2D eigenvalue weighted by atomic mass is 16.8. The summed E-state index contributed by atoms with van der Waals surface area (Å²) in [6.45, 7) is -0.0962. The van der Waals surface area contributed by atoms with Crippen LogP contribution in [0.1, 0.15) is 27.7 Å². The number of amides is 3. The summed E-state index contributed by atoms with van der Waals surface area (Å²) in [5, 5.41) is 179. The third kappa shape index (κ3) is 13.7. The Balaban J connectivity index is 1.17. The summed E-state index contributed by atoms with van der Waals surface area (Å²) in [4.78, 5) is 37.0. The molecule has 0 radical (unpaired) electrons. The van der Waals surface area contributed by atoms with E-state index in [9.17, 15) is 96.1 Å². The number of aliphatic hydroxyl groups excluding tert-OH is 16. The Bertz CT molecular complexity index is 1850. The van der Waals surface area contributed by atoms with Crippen LogP contribution in [-0.4, -0.2) is 317 Å². The summed E-state index contributed by atoms with van der Waals surface area (Å²) < 4.78 is 63.5. The highest BCUT2D eigenvalue weighted by molar-refractivity contribution is 5.74. The van der Waals surface area contributed by atoms with Gasteiger partial charge in [0.25, 0.3) is 0 Å². The quantitative estimate of drug-likeness (QED) is 0.0606. The van der Waals surface area contributed by atoms with Gasteiger partial charge >= 0.3 is 0 Å². The van der Waals surface area contributed by atoms with Crippen molar-refractivity contribution in [2.75, 3.05) is 33.0 Å². The standard InChI is InChI=1S/C42H71N3O30/c1-10-22(53)27(58)30(61)41(66-10)75-36-21(45-13(4)52)37(64)67-17(8-49)35(36)74-39-20(44-12(3)51)26(57)33(15(6-47)69-39)73-42-31(62)28(59)24(55)18(71-42)9-65-40-32(63)29(60)34(16(7-48)70-40)72-38-19(43-11(2)50)25(56)23(54)14(5-46)68-38/h10,14-42,46-49,53-64H,5-9H2,1-4H3,(H,43,50)(H,44,51)(H,45,52)/t10-,14+,15+,16+,17+,18+,19+,20+,21+,22+,23+,24+,25+,26+,27+,28-,29+,30-,31-,32-,33+,34+,35+,36+,37+,38+,39-,40-,41-,42-/m0/s1. The fourth-order valence-electron chi connectivity index (χ4n) is 9.57. The van der Waals surface area contributed by atoms with E-state index in [4.69, 9.17) is 52.1 Å². The largest absolute Gasteiger partial charge is 0.394 e. The van der Waals surface area contributed by atoms with Crippen LogP contribution < -0.4 is 16.0 Å². The van der Waals surface area contributed by atoms with Crippen LogP contribution >= 0.6 is 0 Å². The van der Waals surface area contributed by atoms with Crippen molar-refractivity contribution in [3.05, 3.63) is 0 Å². The number of rotatable bonds is 18. The minimum atomic E-state index is -2.14. The zero-order valence-electron chi connectivity index (χ0n) is 40.7. The maximum atomic E-state index is 12.7. The van der Waals surface area contributed by atoms with Crippen molar-refractivity contribution in [1.82, 2.24) is 16.0 Å². The van der Waals surface area contributed by atoms with Crippen LogP contribution in [0.2, 0.25) is 0 Å². The molecule has 0 bridgehead atoms. The molecule has 6 fully saturated rings. The topological polar surface area (TPSA) is 513 Å². The zero-order valence-corrected chi connectivity index (χ0v) is 40.7. The van der Waals surface area contributed by atoms with Gasteiger partial charge in [0.05, 0.1) is 39.1 Å². The van der Waals surface area contributed by atoms with Gasteiger partial charge < -0.3 is 150 Å². The average molecular weight is 1100 g/mol. The van der Waals surface area contributed by atoms with Crippen LogP contribution in [0.4, 0.5) is 0 Å². The molecular formula is C42H71N3O30. The third-order valence-electron chi connectivity index (χ3n) is 13.6. The molecule has 0 aromatic heterocycles. The van der Waals surface area contributed by atoms with E-state index in [0.29, 0.717) is 0 Å². The molecule has 0 unspecified atom stereocenters. The van der Waals surface area contributed by atoms with Crippen molar-refractivity contribution >= 4 is 17.7 Å². The second-order valence-corrected chi connectivity index (χ2v) is 19.0. The SMILES string of the molecule is CC(=O)N[C@@H]1[C@@H](O[C@@H]2O[C@@H](C)[C@@H](O)[C@@H](O)[C@@H]2O)[C@H](O[C@@H]2O[C@H](CO)[C@@H](O[C@@H]3O[C@H](CO[C@H]4O[C@H](CO)[C@@H](O[C@H]5O[C@H](CO)[C@@H](O)[C@H](O)[C@H]5NC(C)=O)[C@H](O)[C@@H]4O)[C@@H](O)[C@H](O)[C@@H]3O)[C@H](O)[C@H]2NC(C)=O)[C@@H](CO)O[C@H]1O. The first-order valence-corrected chi connectivity index (χ1v) is 23.9. The van der Waals surface area contributed by atoms with Gasteiger partial charge in [-0.1, -0.05) is 0 Å². The second-order valence-electron chi connectivity index (χ2n) is 19.0. The van der Waals surface area contributed by atoms with Crippen LogP contribution in [0.25, 0.3) is 0 Å². The first kappa shape index (κ1) is 61.5. The molecule has 75 heavy (non-hydrogen) atoms. The normalized spacial score (nSPS) is 48.6. The van der Waals surface area contributed by atoms with Gasteiger partial charge in [-0.2, -0.15) is 0 Å². The molecule has 434 valence electrons. The number of carbonyl (C=O) groups excluding carboxylic acids is 3. The lowest BCUT2D eigenvalue weighted by Crippen LogP contribution is -2.71. The highest BCUT2D eigenvalue weighted by Gasteiger charge is 2.57. The van der Waals surface area contributed by atoms with Gasteiger partial charge in [0.1, 0.15) is 140 Å². The molecule has 6 saturated heterocycles. The molecule has 19 N–H and O–H groups in total. The summed E-state index contributed by atoms with van der Waals surface area (Å²) in [5.74, 6) is -2.29. The molecule has 0 aliphatic carbocycles. The molecule has 3 amide bonds. The average Bonchev–Trinajstić information content (AvgIpc) is 3.36. The predicted octanol–water partition coefficient (Wildman–Crippen LogP) is -12.6. The first-order valence-electron chi connectivity index (χ1n) is 23.9. The molecule has 0 spiro atoms. The lowest BCUT2D eigenvalue weighted by Gasteiger charge is -2.51. The number of aliphatic hydroxyl groups is 16. The van der Waals surface area contributed by atoms with Crippen LogP contribution in [-0.2, 0) is 66.5 Å². The summed E-state index contributed by atoms with van der Waals surface area (Å²) >= 11 is 0. The highest BCUT2D eigenvalue weighted by Crippen LogP contribution is 2.36. The Labute approximate surface area is 426 Å². The fourth-order valence-corrected chi connectivity index (χ4v) is 9.57. The number of carbonyl (C=O) groups is 3. The fraction of sp³-hybridized carbons (Fsp3) is 0.929. The van der Waals surface area contributed by atoms with Crippen molar-refractivity contribution in [3.63, 3.8) is 0 Å². The lowest BCUT2D eigenvalue weighted by molar-refractivity contribution is -0.377.